The molecule has 2 aromatic rings. The second-order valence-electron chi connectivity index (χ2n) is 4.58. The van der Waals surface area contributed by atoms with E-state index >= 15 is 0 Å². The Morgan fingerprint density at radius 3 is 2.35 bits per heavy atom. The van der Waals surface area contributed by atoms with E-state index in [1.807, 2.05) is 42.2 Å². The van der Waals surface area contributed by atoms with E-state index in [1.165, 1.54) is 6.07 Å². The highest BCUT2D eigenvalue weighted by Crippen LogP contribution is 2.20. The van der Waals surface area contributed by atoms with Gasteiger partial charge in [-0.25, -0.2) is 4.39 Å². The molecule has 0 aliphatic rings. The number of nitrogens with two attached hydrogens (primary N) is 1. The van der Waals surface area contributed by atoms with Crippen molar-refractivity contribution in [2.75, 3.05) is 11.4 Å². The van der Waals surface area contributed by atoms with Gasteiger partial charge in [0.15, 0.2) is 0 Å². The van der Waals surface area contributed by atoms with Crippen LogP contribution in [0.5, 0.6) is 0 Å². The molecule has 0 aliphatic heterocycles. The van der Waals surface area contributed by atoms with Crippen LogP contribution in [-0.4, -0.2) is 12.4 Å². The SMILES string of the molecule is CCN(Cc1ccc(C(=N)N)cc1)c1ccccc1F. The summed E-state index contributed by atoms with van der Waals surface area (Å²) in [6.45, 7) is 3.33. The first kappa shape index (κ1) is 14.1. The van der Waals surface area contributed by atoms with Gasteiger partial charge in [-0.3, -0.25) is 5.41 Å². The smallest absolute Gasteiger partial charge is 0.146 e. The normalized spacial score (nSPS) is 10.3. The minimum atomic E-state index is -0.213. The number of hydrogen-bond acceptors (Lipinski definition) is 2. The highest BCUT2D eigenvalue weighted by atomic mass is 19.1. The molecule has 4 heteroatoms. The maximum Gasteiger partial charge on any atom is 0.146 e. The molecule has 0 radical (unpaired) electrons. The molecule has 104 valence electrons. The highest BCUT2D eigenvalue weighted by Gasteiger charge is 2.09. The van der Waals surface area contributed by atoms with Crippen molar-refractivity contribution in [2.45, 2.75) is 13.5 Å². The molecule has 0 bridgehead atoms. The number of hydrogen-bond donors (Lipinski definition) is 2. The third-order valence-electron chi connectivity index (χ3n) is 3.21. The average Bonchev–Trinajstić information content (AvgIpc) is 2.46. The molecule has 0 atom stereocenters. The van der Waals surface area contributed by atoms with Gasteiger partial charge in [-0.15, -0.1) is 0 Å². The Bertz CT molecular complexity index is 593. The molecule has 0 aliphatic carbocycles. The molecule has 3 nitrogen and oxygen atoms in total. The monoisotopic (exact) mass is 271 g/mol. The fraction of sp³-hybridized carbons (Fsp3) is 0.188. The molecule has 0 unspecified atom stereocenters. The van der Waals surface area contributed by atoms with Crippen molar-refractivity contribution in [2.24, 2.45) is 5.73 Å². The second-order valence-corrected chi connectivity index (χ2v) is 4.58. The molecule has 2 rings (SSSR count). The van der Waals surface area contributed by atoms with Gasteiger partial charge in [0.05, 0.1) is 5.69 Å². The summed E-state index contributed by atoms with van der Waals surface area (Å²) < 4.78 is 13.8. The zero-order valence-electron chi connectivity index (χ0n) is 11.4. The van der Waals surface area contributed by atoms with Gasteiger partial charge < -0.3 is 10.6 Å². The molecule has 20 heavy (non-hydrogen) atoms. The number of nitrogen functional groups attached to an aromatic ring is 1. The van der Waals surface area contributed by atoms with Crippen LogP contribution >= 0.6 is 0 Å². The summed E-state index contributed by atoms with van der Waals surface area (Å²) in [4.78, 5) is 1.97. The van der Waals surface area contributed by atoms with Crippen molar-refractivity contribution in [3.8, 4) is 0 Å². The van der Waals surface area contributed by atoms with Crippen LogP contribution in [0.4, 0.5) is 10.1 Å². The summed E-state index contributed by atoms with van der Waals surface area (Å²) in [5.41, 5.74) is 7.78. The number of para-hydroxylation sites is 1. The van der Waals surface area contributed by atoms with E-state index in [9.17, 15) is 4.39 Å². The van der Waals surface area contributed by atoms with E-state index in [2.05, 4.69) is 0 Å². The molecule has 0 aromatic heterocycles. The summed E-state index contributed by atoms with van der Waals surface area (Å²) in [5, 5.41) is 7.36. The largest absolute Gasteiger partial charge is 0.384 e. The quantitative estimate of drug-likeness (QED) is 0.648. The molecule has 0 amide bonds. The maximum absolute atomic E-state index is 13.8. The lowest BCUT2D eigenvalue weighted by molar-refractivity contribution is 0.618. The lowest BCUT2D eigenvalue weighted by Gasteiger charge is -2.23. The molecular weight excluding hydrogens is 253 g/mol. The molecular formula is C16H18FN3. The molecule has 0 fully saturated rings. The Kier molecular flexibility index (Phi) is 4.35. The van der Waals surface area contributed by atoms with Crippen molar-refractivity contribution in [1.29, 1.82) is 5.41 Å². The highest BCUT2D eigenvalue weighted by molar-refractivity contribution is 5.94. The van der Waals surface area contributed by atoms with Gasteiger partial charge >= 0.3 is 0 Å². The van der Waals surface area contributed by atoms with E-state index in [1.54, 1.807) is 12.1 Å². The van der Waals surface area contributed by atoms with Crippen LogP contribution in [-0.2, 0) is 6.54 Å². The standard InChI is InChI=1S/C16H18FN3/c1-2-20(15-6-4-3-5-14(15)17)11-12-7-9-13(10-8-12)16(18)19/h3-10H,2,11H2,1H3,(H3,18,19). The Labute approximate surface area is 118 Å². The first-order valence-electron chi connectivity index (χ1n) is 6.54. The predicted octanol–water partition coefficient (Wildman–Crippen LogP) is 3.14. The summed E-state index contributed by atoms with van der Waals surface area (Å²) >= 11 is 0. The third-order valence-corrected chi connectivity index (χ3v) is 3.21. The Morgan fingerprint density at radius 1 is 1.15 bits per heavy atom. The van der Waals surface area contributed by atoms with Gasteiger partial charge in [0, 0.05) is 18.7 Å². The van der Waals surface area contributed by atoms with Crippen LogP contribution in [0.25, 0.3) is 0 Å². The second kappa shape index (κ2) is 6.19. The fourth-order valence-electron chi connectivity index (χ4n) is 2.09. The molecule has 3 N–H and O–H groups in total. The summed E-state index contributed by atoms with van der Waals surface area (Å²) in [7, 11) is 0. The van der Waals surface area contributed by atoms with E-state index in [4.69, 9.17) is 11.1 Å². The Morgan fingerprint density at radius 2 is 1.80 bits per heavy atom. The molecule has 2 aromatic carbocycles. The van der Waals surface area contributed by atoms with Gasteiger partial charge in [0.1, 0.15) is 11.7 Å². The predicted molar refractivity (Wildman–Crippen MR) is 80.6 cm³/mol. The first-order chi connectivity index (χ1) is 9.61. The van der Waals surface area contributed by atoms with E-state index < -0.39 is 0 Å². The Hall–Kier alpha value is -2.36. The molecule has 0 spiro atoms. The topological polar surface area (TPSA) is 53.1 Å². The van der Waals surface area contributed by atoms with Crippen LogP contribution in [0, 0.1) is 11.2 Å². The molecule has 0 heterocycles. The van der Waals surface area contributed by atoms with Gasteiger partial charge in [-0.05, 0) is 24.6 Å². The van der Waals surface area contributed by atoms with Crippen LogP contribution in [0.3, 0.4) is 0 Å². The van der Waals surface area contributed by atoms with Crippen LogP contribution in [0.15, 0.2) is 48.5 Å². The van der Waals surface area contributed by atoms with Gasteiger partial charge in [0.2, 0.25) is 0 Å². The average molecular weight is 271 g/mol. The van der Waals surface area contributed by atoms with Gasteiger partial charge in [-0.2, -0.15) is 0 Å². The molecule has 0 saturated heterocycles. The fourth-order valence-corrected chi connectivity index (χ4v) is 2.09. The summed E-state index contributed by atoms with van der Waals surface area (Å²) in [6.07, 6.45) is 0. The minimum absolute atomic E-state index is 0.0537. The van der Waals surface area contributed by atoms with Crippen LogP contribution in [0.2, 0.25) is 0 Å². The van der Waals surface area contributed by atoms with Crippen LogP contribution in [0.1, 0.15) is 18.1 Å². The van der Waals surface area contributed by atoms with Crippen molar-refractivity contribution >= 4 is 11.5 Å². The van der Waals surface area contributed by atoms with Crippen molar-refractivity contribution in [1.82, 2.24) is 0 Å². The number of rotatable bonds is 5. The summed E-state index contributed by atoms with van der Waals surface area (Å²) in [5.74, 6) is -0.160. The number of nitrogens with one attached hydrogen (secondary N) is 1. The van der Waals surface area contributed by atoms with E-state index in [-0.39, 0.29) is 11.7 Å². The number of benzene rings is 2. The first-order valence-corrected chi connectivity index (χ1v) is 6.54. The van der Waals surface area contributed by atoms with Crippen molar-refractivity contribution < 1.29 is 4.39 Å². The maximum atomic E-state index is 13.8. The lowest BCUT2D eigenvalue weighted by atomic mass is 10.1. The Balaban J connectivity index is 2.18. The van der Waals surface area contributed by atoms with Gasteiger partial charge in [-0.1, -0.05) is 36.4 Å². The van der Waals surface area contributed by atoms with Crippen molar-refractivity contribution in [3.63, 3.8) is 0 Å². The number of halogens is 1. The van der Waals surface area contributed by atoms with Gasteiger partial charge in [0.25, 0.3) is 0 Å². The number of amidine groups is 1. The van der Waals surface area contributed by atoms with Crippen LogP contribution < -0.4 is 10.6 Å². The summed E-state index contributed by atoms with van der Waals surface area (Å²) in [6, 6.07) is 14.2. The molecule has 0 saturated carbocycles. The number of nitrogens with zero attached hydrogens (tertiary/aromatic N) is 1. The number of anilines is 1. The van der Waals surface area contributed by atoms with E-state index in [0.717, 1.165) is 12.1 Å². The zero-order chi connectivity index (χ0) is 14.5. The zero-order valence-corrected chi connectivity index (χ0v) is 11.4. The third kappa shape index (κ3) is 3.15. The lowest BCUT2D eigenvalue weighted by Crippen LogP contribution is -2.23. The van der Waals surface area contributed by atoms with Crippen molar-refractivity contribution in [3.05, 3.63) is 65.5 Å². The minimum Gasteiger partial charge on any atom is -0.384 e. The van der Waals surface area contributed by atoms with E-state index in [0.29, 0.717) is 17.8 Å².